The summed E-state index contributed by atoms with van der Waals surface area (Å²) in [6, 6.07) is 0. The average molecular weight is 391 g/mol. The first-order chi connectivity index (χ1) is 10.6. The number of aliphatic imine (C=N–C) groups is 1. The number of guanidine groups is 1. The van der Waals surface area contributed by atoms with E-state index in [0.717, 1.165) is 0 Å². The number of benzene rings is 1. The lowest BCUT2D eigenvalue weighted by Crippen LogP contribution is -2.23. The van der Waals surface area contributed by atoms with Gasteiger partial charge in [-0.2, -0.15) is 13.2 Å². The Bertz CT molecular complexity index is 771. The zero-order chi connectivity index (χ0) is 17.4. The van der Waals surface area contributed by atoms with E-state index in [-0.39, 0.29) is 51.0 Å². The van der Waals surface area contributed by atoms with Gasteiger partial charge in [0.25, 0.3) is 0 Å². The van der Waals surface area contributed by atoms with Gasteiger partial charge in [-0.05, 0) is 0 Å². The van der Waals surface area contributed by atoms with Crippen molar-refractivity contribution < 1.29 is 17.9 Å². The summed E-state index contributed by atoms with van der Waals surface area (Å²) in [5.41, 5.74) is 9.97. The van der Waals surface area contributed by atoms with Crippen LogP contribution in [0.5, 0.6) is 5.75 Å². The van der Waals surface area contributed by atoms with Gasteiger partial charge in [-0.3, -0.25) is 4.99 Å². The molecule has 0 spiro atoms. The van der Waals surface area contributed by atoms with Gasteiger partial charge in [-0.25, -0.2) is 4.98 Å². The third kappa shape index (κ3) is 3.67. The van der Waals surface area contributed by atoms with Crippen molar-refractivity contribution in [3.63, 3.8) is 0 Å². The van der Waals surface area contributed by atoms with Gasteiger partial charge in [-0.15, -0.1) is 0 Å². The second kappa shape index (κ2) is 6.50. The first kappa shape index (κ1) is 17.8. The van der Waals surface area contributed by atoms with Crippen molar-refractivity contribution in [2.24, 2.45) is 16.5 Å². The van der Waals surface area contributed by atoms with E-state index in [9.17, 15) is 13.2 Å². The van der Waals surface area contributed by atoms with E-state index in [0.29, 0.717) is 0 Å². The number of alkyl halides is 3. The minimum Gasteiger partial charge on any atom is -0.488 e. The van der Waals surface area contributed by atoms with Crippen molar-refractivity contribution in [2.45, 2.75) is 6.18 Å². The first-order valence-electron chi connectivity index (χ1n) is 5.94. The fraction of sp³-hybridized carbons (Fsp3) is 0.273. The minimum atomic E-state index is -4.69. The van der Waals surface area contributed by atoms with Crippen LogP contribution < -0.4 is 16.2 Å². The van der Waals surface area contributed by atoms with Crippen molar-refractivity contribution >= 4 is 51.8 Å². The lowest BCUT2D eigenvalue weighted by Gasteiger charge is -2.10. The highest BCUT2D eigenvalue weighted by Crippen LogP contribution is 2.45. The summed E-state index contributed by atoms with van der Waals surface area (Å²) in [4.78, 5) is 9.12. The van der Waals surface area contributed by atoms with Crippen molar-refractivity contribution in [2.75, 3.05) is 13.2 Å². The summed E-state index contributed by atoms with van der Waals surface area (Å²) in [7, 11) is 0. The van der Waals surface area contributed by atoms with Crippen LogP contribution in [0.2, 0.25) is 15.1 Å². The highest BCUT2D eigenvalue weighted by Gasteiger charge is 2.36. The number of hydrogen-bond donors (Lipinski definition) is 3. The normalized spacial score (nSPS) is 11.7. The Balaban J connectivity index is 2.44. The summed E-state index contributed by atoms with van der Waals surface area (Å²) < 4.78 is 43.5. The molecule has 12 heteroatoms. The number of nitrogens with zero attached hydrogens (tertiary/aromatic N) is 2. The minimum absolute atomic E-state index is 0.0181. The topological polar surface area (TPSA) is 102 Å². The summed E-state index contributed by atoms with van der Waals surface area (Å²) in [6.45, 7) is 0.0781. The Morgan fingerprint density at radius 1 is 1.17 bits per heavy atom. The number of rotatable bonds is 4. The van der Waals surface area contributed by atoms with Crippen LogP contribution in [0.3, 0.4) is 0 Å². The zero-order valence-corrected chi connectivity index (χ0v) is 13.4. The standard InChI is InChI=1S/C11H9Cl3F3N5O/c12-3-4(13)8(23-2-1-20-10(18)19)5(14)7-6(3)21-9(22-7)11(15,16)17/h1-2H2,(H,21,22)(H4,18,19,20). The average Bonchev–Trinajstić information content (AvgIpc) is 2.89. The van der Waals surface area contributed by atoms with Crippen molar-refractivity contribution in [3.8, 4) is 5.75 Å². The number of ether oxygens (including phenoxy) is 1. The van der Waals surface area contributed by atoms with E-state index in [1.54, 1.807) is 0 Å². The molecule has 0 radical (unpaired) electrons. The van der Waals surface area contributed by atoms with E-state index in [1.165, 1.54) is 0 Å². The van der Waals surface area contributed by atoms with E-state index < -0.39 is 12.0 Å². The third-order valence-electron chi connectivity index (χ3n) is 2.62. The molecule has 0 atom stereocenters. The molecule has 2 aromatic rings. The monoisotopic (exact) mass is 389 g/mol. The number of nitrogens with two attached hydrogens (primary N) is 2. The van der Waals surface area contributed by atoms with Crippen molar-refractivity contribution in [3.05, 3.63) is 20.9 Å². The van der Waals surface area contributed by atoms with Crippen LogP contribution in [0.25, 0.3) is 11.0 Å². The van der Waals surface area contributed by atoms with E-state index in [2.05, 4.69) is 9.98 Å². The zero-order valence-electron chi connectivity index (χ0n) is 11.1. The molecule has 0 amide bonds. The van der Waals surface area contributed by atoms with Crippen molar-refractivity contribution in [1.29, 1.82) is 0 Å². The Hall–Kier alpha value is -1.58. The number of nitrogens with one attached hydrogen (secondary N) is 1. The van der Waals surface area contributed by atoms with Crippen LogP contribution in [0.1, 0.15) is 5.82 Å². The smallest absolute Gasteiger partial charge is 0.449 e. The summed E-state index contributed by atoms with van der Waals surface area (Å²) in [6.07, 6.45) is -4.69. The molecule has 0 bridgehead atoms. The van der Waals surface area contributed by atoms with Crippen LogP contribution in [0.4, 0.5) is 13.2 Å². The largest absolute Gasteiger partial charge is 0.488 e. The molecule has 5 N–H and O–H groups in total. The molecular weight excluding hydrogens is 382 g/mol. The quantitative estimate of drug-likeness (QED) is 0.323. The van der Waals surface area contributed by atoms with Gasteiger partial charge in [0.2, 0.25) is 5.82 Å². The summed E-state index contributed by atoms with van der Waals surface area (Å²) >= 11 is 18.0. The third-order valence-corrected chi connectivity index (χ3v) is 3.81. The van der Waals surface area contributed by atoms with Crippen LogP contribution in [-0.2, 0) is 6.18 Å². The molecule has 1 aromatic heterocycles. The molecule has 23 heavy (non-hydrogen) atoms. The van der Waals surface area contributed by atoms with E-state index in [4.69, 9.17) is 51.0 Å². The molecule has 2 rings (SSSR count). The number of halogens is 6. The molecule has 0 unspecified atom stereocenters. The van der Waals surface area contributed by atoms with Crippen molar-refractivity contribution in [1.82, 2.24) is 9.97 Å². The Labute approximate surface area is 142 Å². The SMILES string of the molecule is NC(N)=NCCOc1c(Cl)c(Cl)c2[nH]c(C(F)(F)F)nc2c1Cl. The van der Waals surface area contributed by atoms with Gasteiger partial charge in [-0.1, -0.05) is 34.8 Å². The number of H-pyrrole nitrogens is 1. The van der Waals surface area contributed by atoms with Gasteiger partial charge in [0.1, 0.15) is 22.2 Å². The molecule has 0 aliphatic heterocycles. The predicted octanol–water partition coefficient (Wildman–Crippen LogP) is 3.19. The molecule has 0 aliphatic rings. The summed E-state index contributed by atoms with van der Waals surface area (Å²) in [5, 5.41) is -0.539. The predicted molar refractivity (Wildman–Crippen MR) is 82.3 cm³/mol. The molecule has 0 aliphatic carbocycles. The molecule has 0 saturated carbocycles. The second-order valence-electron chi connectivity index (χ2n) is 4.23. The molecule has 126 valence electrons. The molecule has 0 saturated heterocycles. The second-order valence-corrected chi connectivity index (χ2v) is 5.37. The lowest BCUT2D eigenvalue weighted by atomic mass is 10.3. The maximum atomic E-state index is 12.7. The Kier molecular flexibility index (Phi) is 5.02. The maximum absolute atomic E-state index is 12.7. The van der Waals surface area contributed by atoms with Gasteiger partial charge >= 0.3 is 6.18 Å². The van der Waals surface area contributed by atoms with Gasteiger partial charge < -0.3 is 21.2 Å². The fourth-order valence-corrected chi connectivity index (χ4v) is 2.49. The number of aromatic amines is 1. The molecule has 1 heterocycles. The molecule has 6 nitrogen and oxygen atoms in total. The van der Waals surface area contributed by atoms with Gasteiger partial charge in [0, 0.05) is 0 Å². The van der Waals surface area contributed by atoms with Gasteiger partial charge in [0.15, 0.2) is 11.7 Å². The first-order valence-corrected chi connectivity index (χ1v) is 7.07. The van der Waals surface area contributed by atoms with Crippen LogP contribution in [-0.4, -0.2) is 29.1 Å². The Morgan fingerprint density at radius 3 is 2.39 bits per heavy atom. The fourth-order valence-electron chi connectivity index (χ4n) is 1.69. The van der Waals surface area contributed by atoms with Gasteiger partial charge in [0.05, 0.1) is 17.1 Å². The maximum Gasteiger partial charge on any atom is 0.449 e. The highest BCUT2D eigenvalue weighted by molar-refractivity contribution is 6.49. The van der Waals surface area contributed by atoms with Crippen LogP contribution in [0.15, 0.2) is 4.99 Å². The number of aromatic nitrogens is 2. The van der Waals surface area contributed by atoms with E-state index in [1.807, 2.05) is 4.98 Å². The Morgan fingerprint density at radius 2 is 1.83 bits per heavy atom. The number of hydrogen-bond acceptors (Lipinski definition) is 3. The lowest BCUT2D eigenvalue weighted by molar-refractivity contribution is -0.144. The highest BCUT2D eigenvalue weighted by atomic mass is 35.5. The molecule has 1 aromatic carbocycles. The molecule has 0 fully saturated rings. The van der Waals surface area contributed by atoms with Crippen LogP contribution >= 0.6 is 34.8 Å². The molecular formula is C11H9Cl3F3N5O. The number of imidazole rings is 1. The number of fused-ring (bicyclic) bond motifs is 1. The summed E-state index contributed by atoms with van der Waals surface area (Å²) in [5.74, 6) is -1.48. The van der Waals surface area contributed by atoms with E-state index >= 15 is 0 Å². The van der Waals surface area contributed by atoms with Crippen LogP contribution in [0, 0.1) is 0 Å².